The Morgan fingerprint density at radius 1 is 1.42 bits per heavy atom. The fraction of sp³-hybridized carbons (Fsp3) is 1.00. The summed E-state index contributed by atoms with van der Waals surface area (Å²) >= 11 is 6.00. The Bertz CT molecular complexity index is 142. The topological polar surface area (TPSA) is 9.23 Å². The Morgan fingerprint density at radius 3 is 2.67 bits per heavy atom. The van der Waals surface area contributed by atoms with E-state index in [4.69, 9.17) is 16.3 Å². The van der Waals surface area contributed by atoms with Crippen molar-refractivity contribution in [3.63, 3.8) is 0 Å². The van der Waals surface area contributed by atoms with Crippen LogP contribution in [0.3, 0.4) is 0 Å². The van der Waals surface area contributed by atoms with E-state index in [-0.39, 0.29) is 0 Å². The number of halogens is 1. The van der Waals surface area contributed by atoms with E-state index in [0.29, 0.717) is 5.41 Å². The van der Waals surface area contributed by atoms with Gasteiger partial charge in [-0.25, -0.2) is 0 Å². The van der Waals surface area contributed by atoms with Crippen molar-refractivity contribution in [3.8, 4) is 0 Å². The Hall–Kier alpha value is 0.250. The summed E-state index contributed by atoms with van der Waals surface area (Å²) in [5.74, 6) is 1.67. The second-order valence-corrected chi connectivity index (χ2v) is 4.69. The maximum Gasteiger partial charge on any atom is 0.0495 e. The standard InChI is InChI=1S/C10H17ClO/c11-8-10(3-1-4-10)6-9-2-5-12-7-9/h9H,1-8H2. The highest BCUT2D eigenvalue weighted by atomic mass is 35.5. The summed E-state index contributed by atoms with van der Waals surface area (Å²) in [6.45, 7) is 1.96. The van der Waals surface area contributed by atoms with E-state index in [1.165, 1.54) is 32.1 Å². The molecule has 0 aromatic carbocycles. The first-order valence-corrected chi connectivity index (χ1v) is 5.52. The molecule has 2 heteroatoms. The van der Waals surface area contributed by atoms with Gasteiger partial charge in [0.15, 0.2) is 0 Å². The third-order valence-electron chi connectivity index (χ3n) is 3.44. The number of hydrogen-bond acceptors (Lipinski definition) is 1. The highest BCUT2D eigenvalue weighted by Gasteiger charge is 2.38. The molecule has 1 nitrogen and oxygen atoms in total. The third kappa shape index (κ3) is 1.62. The van der Waals surface area contributed by atoms with Crippen LogP contribution >= 0.6 is 11.6 Å². The summed E-state index contributed by atoms with van der Waals surface area (Å²) in [6.07, 6.45) is 6.68. The zero-order chi connectivity index (χ0) is 8.44. The molecule has 1 saturated carbocycles. The van der Waals surface area contributed by atoms with Crippen LogP contribution in [0.5, 0.6) is 0 Å². The first-order chi connectivity index (χ1) is 5.85. The van der Waals surface area contributed by atoms with Gasteiger partial charge in [0, 0.05) is 19.1 Å². The summed E-state index contributed by atoms with van der Waals surface area (Å²) in [4.78, 5) is 0. The molecule has 1 atom stereocenters. The molecule has 0 N–H and O–H groups in total. The molecule has 70 valence electrons. The largest absolute Gasteiger partial charge is 0.381 e. The lowest BCUT2D eigenvalue weighted by molar-refractivity contribution is 0.109. The van der Waals surface area contributed by atoms with Crippen LogP contribution in [0.4, 0.5) is 0 Å². The minimum absolute atomic E-state index is 0.514. The predicted octanol–water partition coefficient (Wildman–Crippen LogP) is 2.82. The van der Waals surface area contributed by atoms with Gasteiger partial charge < -0.3 is 4.74 Å². The maximum absolute atomic E-state index is 6.00. The van der Waals surface area contributed by atoms with E-state index in [1.54, 1.807) is 0 Å². The Balaban J connectivity index is 1.83. The third-order valence-corrected chi connectivity index (χ3v) is 4.01. The zero-order valence-electron chi connectivity index (χ0n) is 7.52. The fourth-order valence-corrected chi connectivity index (χ4v) is 2.80. The molecule has 0 spiro atoms. The first kappa shape index (κ1) is 8.83. The molecule has 0 bridgehead atoms. The highest BCUT2D eigenvalue weighted by molar-refractivity contribution is 6.18. The SMILES string of the molecule is ClCC1(CC2CCOC2)CCC1. The van der Waals surface area contributed by atoms with Crippen LogP contribution in [0.1, 0.15) is 32.1 Å². The second kappa shape index (κ2) is 3.55. The van der Waals surface area contributed by atoms with Crippen LogP contribution in [0.25, 0.3) is 0 Å². The number of ether oxygens (including phenoxy) is 1. The van der Waals surface area contributed by atoms with Crippen molar-refractivity contribution >= 4 is 11.6 Å². The molecule has 1 aliphatic heterocycles. The quantitative estimate of drug-likeness (QED) is 0.619. The van der Waals surface area contributed by atoms with Gasteiger partial charge in [0.2, 0.25) is 0 Å². The van der Waals surface area contributed by atoms with Gasteiger partial charge >= 0.3 is 0 Å². The molecular weight excluding hydrogens is 172 g/mol. The van der Waals surface area contributed by atoms with E-state index in [0.717, 1.165) is 25.0 Å². The molecule has 2 rings (SSSR count). The van der Waals surface area contributed by atoms with Gasteiger partial charge in [-0.3, -0.25) is 0 Å². The molecule has 0 radical (unpaired) electrons. The number of rotatable bonds is 3. The normalized spacial score (nSPS) is 33.2. The van der Waals surface area contributed by atoms with Gasteiger partial charge in [0.05, 0.1) is 0 Å². The lowest BCUT2D eigenvalue weighted by atomic mass is 9.65. The monoisotopic (exact) mass is 188 g/mol. The summed E-state index contributed by atoms with van der Waals surface area (Å²) in [5, 5.41) is 0. The van der Waals surface area contributed by atoms with E-state index < -0.39 is 0 Å². The molecule has 2 aliphatic rings. The number of alkyl halides is 1. The van der Waals surface area contributed by atoms with Gasteiger partial charge in [-0.2, -0.15) is 0 Å². The molecular formula is C10H17ClO. The average molecular weight is 189 g/mol. The van der Waals surface area contributed by atoms with Gasteiger partial charge in [0.1, 0.15) is 0 Å². The van der Waals surface area contributed by atoms with Crippen LogP contribution in [0.2, 0.25) is 0 Å². The van der Waals surface area contributed by atoms with Crippen molar-refractivity contribution in [2.45, 2.75) is 32.1 Å². The van der Waals surface area contributed by atoms with Crippen molar-refractivity contribution in [3.05, 3.63) is 0 Å². The van der Waals surface area contributed by atoms with Gasteiger partial charge in [-0.05, 0) is 37.0 Å². The highest BCUT2D eigenvalue weighted by Crippen LogP contribution is 2.47. The van der Waals surface area contributed by atoms with Gasteiger partial charge in [0.25, 0.3) is 0 Å². The molecule has 0 amide bonds. The minimum atomic E-state index is 0.514. The van der Waals surface area contributed by atoms with Crippen molar-refractivity contribution < 1.29 is 4.74 Å². The average Bonchev–Trinajstić information content (AvgIpc) is 2.49. The van der Waals surface area contributed by atoms with Crippen molar-refractivity contribution in [2.75, 3.05) is 19.1 Å². The number of hydrogen-bond donors (Lipinski definition) is 0. The lowest BCUT2D eigenvalue weighted by Gasteiger charge is -2.42. The Kier molecular flexibility index (Phi) is 2.61. The van der Waals surface area contributed by atoms with Crippen LogP contribution < -0.4 is 0 Å². The van der Waals surface area contributed by atoms with E-state index >= 15 is 0 Å². The van der Waals surface area contributed by atoms with Crippen molar-refractivity contribution in [1.29, 1.82) is 0 Å². The van der Waals surface area contributed by atoms with Crippen LogP contribution in [0.15, 0.2) is 0 Å². The van der Waals surface area contributed by atoms with Gasteiger partial charge in [-0.1, -0.05) is 6.42 Å². The van der Waals surface area contributed by atoms with Crippen LogP contribution in [-0.4, -0.2) is 19.1 Å². The van der Waals surface area contributed by atoms with Gasteiger partial charge in [-0.15, -0.1) is 11.6 Å². The maximum atomic E-state index is 6.00. The van der Waals surface area contributed by atoms with Crippen molar-refractivity contribution in [2.24, 2.45) is 11.3 Å². The second-order valence-electron chi connectivity index (χ2n) is 4.42. The van der Waals surface area contributed by atoms with E-state index in [2.05, 4.69) is 0 Å². The first-order valence-electron chi connectivity index (χ1n) is 4.98. The lowest BCUT2D eigenvalue weighted by Crippen LogP contribution is -2.33. The fourth-order valence-electron chi connectivity index (χ4n) is 2.43. The van der Waals surface area contributed by atoms with E-state index in [9.17, 15) is 0 Å². The Morgan fingerprint density at radius 2 is 2.25 bits per heavy atom. The summed E-state index contributed by atoms with van der Waals surface area (Å²) in [6, 6.07) is 0. The molecule has 1 saturated heterocycles. The molecule has 0 aromatic rings. The minimum Gasteiger partial charge on any atom is -0.381 e. The van der Waals surface area contributed by atoms with Crippen molar-refractivity contribution in [1.82, 2.24) is 0 Å². The zero-order valence-corrected chi connectivity index (χ0v) is 8.28. The van der Waals surface area contributed by atoms with Crippen LogP contribution in [-0.2, 0) is 4.74 Å². The van der Waals surface area contributed by atoms with Crippen LogP contribution in [0, 0.1) is 11.3 Å². The molecule has 1 aliphatic carbocycles. The summed E-state index contributed by atoms with van der Waals surface area (Å²) in [7, 11) is 0. The molecule has 1 unspecified atom stereocenters. The summed E-state index contributed by atoms with van der Waals surface area (Å²) in [5.41, 5.74) is 0.514. The molecule has 0 aromatic heterocycles. The predicted molar refractivity (Wildman–Crippen MR) is 50.5 cm³/mol. The summed E-state index contributed by atoms with van der Waals surface area (Å²) < 4.78 is 5.37. The van der Waals surface area contributed by atoms with E-state index in [1.807, 2.05) is 0 Å². The molecule has 2 fully saturated rings. The molecule has 1 heterocycles. The molecule has 12 heavy (non-hydrogen) atoms. The Labute approximate surface area is 79.4 Å². The smallest absolute Gasteiger partial charge is 0.0495 e.